The van der Waals surface area contributed by atoms with Gasteiger partial charge in [-0.15, -0.1) is 0 Å². The second kappa shape index (κ2) is 5.92. The highest BCUT2D eigenvalue weighted by Crippen LogP contribution is 2.27. The van der Waals surface area contributed by atoms with Gasteiger partial charge in [-0.05, 0) is 44.4 Å². The van der Waals surface area contributed by atoms with Gasteiger partial charge in [0.1, 0.15) is 0 Å². The fraction of sp³-hybridized carbons (Fsp3) is 0.412. The van der Waals surface area contributed by atoms with Crippen molar-refractivity contribution in [2.24, 2.45) is 0 Å². The summed E-state index contributed by atoms with van der Waals surface area (Å²) in [6, 6.07) is 6.91. The van der Waals surface area contributed by atoms with E-state index in [2.05, 4.69) is 9.88 Å². The van der Waals surface area contributed by atoms with Gasteiger partial charge >= 0.3 is 0 Å². The van der Waals surface area contributed by atoms with E-state index in [1.165, 1.54) is 19.1 Å². The van der Waals surface area contributed by atoms with E-state index < -0.39 is 9.84 Å². The van der Waals surface area contributed by atoms with E-state index >= 15 is 0 Å². The first-order chi connectivity index (χ1) is 10.9. The first-order valence-electron chi connectivity index (χ1n) is 7.77. The second-order valence-corrected chi connectivity index (χ2v) is 8.09. The summed E-state index contributed by atoms with van der Waals surface area (Å²) >= 11 is 0. The molecule has 0 unspecified atom stereocenters. The molecule has 1 fully saturated rings. The Labute approximate surface area is 137 Å². The highest BCUT2D eigenvalue weighted by molar-refractivity contribution is 7.90. The minimum absolute atomic E-state index is 0.324. The van der Waals surface area contributed by atoms with Crippen molar-refractivity contribution in [2.45, 2.75) is 31.6 Å². The normalized spacial score (nSPS) is 15.2. The molecule has 1 aromatic carbocycles. The molecular weight excluding hydrogens is 310 g/mol. The Balaban J connectivity index is 2.04. The lowest BCUT2D eigenvalue weighted by Crippen LogP contribution is -2.21. The molecule has 6 heteroatoms. The maximum absolute atomic E-state index is 11.6. The molecule has 2 aromatic rings. The van der Waals surface area contributed by atoms with E-state index in [1.807, 2.05) is 26.0 Å². The fourth-order valence-electron chi connectivity index (χ4n) is 2.81. The standard InChI is InChI=1S/C17H21N3O2S/c1-12-13(2)18-17(20-10-4-5-11-20)19-16(12)14-6-8-15(9-7-14)23(3,21)22/h6-9H,4-5,10-11H2,1-3H3. The first-order valence-corrected chi connectivity index (χ1v) is 9.66. The van der Waals surface area contributed by atoms with Crippen LogP contribution in [-0.4, -0.2) is 37.7 Å². The van der Waals surface area contributed by atoms with Crippen molar-refractivity contribution in [1.82, 2.24) is 9.97 Å². The maximum Gasteiger partial charge on any atom is 0.226 e. The van der Waals surface area contributed by atoms with Crippen molar-refractivity contribution in [2.75, 3.05) is 24.2 Å². The van der Waals surface area contributed by atoms with Crippen LogP contribution in [0.2, 0.25) is 0 Å². The molecule has 0 amide bonds. The van der Waals surface area contributed by atoms with Gasteiger partial charge in [0.05, 0.1) is 10.6 Å². The highest BCUT2D eigenvalue weighted by Gasteiger charge is 2.18. The van der Waals surface area contributed by atoms with Crippen molar-refractivity contribution in [3.8, 4) is 11.3 Å². The number of rotatable bonds is 3. The molecule has 0 atom stereocenters. The maximum atomic E-state index is 11.6. The number of benzene rings is 1. The number of aromatic nitrogens is 2. The first kappa shape index (κ1) is 15.9. The van der Waals surface area contributed by atoms with E-state index in [0.29, 0.717) is 4.90 Å². The lowest BCUT2D eigenvalue weighted by atomic mass is 10.1. The average molecular weight is 331 g/mol. The van der Waals surface area contributed by atoms with Crippen LogP contribution in [0.4, 0.5) is 5.95 Å². The Morgan fingerprint density at radius 2 is 1.61 bits per heavy atom. The number of hydrogen-bond donors (Lipinski definition) is 0. The van der Waals surface area contributed by atoms with Crippen LogP contribution in [0, 0.1) is 13.8 Å². The number of nitrogens with zero attached hydrogens (tertiary/aromatic N) is 3. The predicted octanol–water partition coefficient (Wildman–Crippen LogP) is 2.76. The third-order valence-corrected chi connectivity index (χ3v) is 5.45. The lowest BCUT2D eigenvalue weighted by Gasteiger charge is -2.18. The Kier molecular flexibility index (Phi) is 4.10. The van der Waals surface area contributed by atoms with E-state index in [0.717, 1.165) is 41.6 Å². The summed E-state index contributed by atoms with van der Waals surface area (Å²) in [5.41, 5.74) is 3.78. The van der Waals surface area contributed by atoms with Crippen molar-refractivity contribution in [3.63, 3.8) is 0 Å². The van der Waals surface area contributed by atoms with E-state index in [-0.39, 0.29) is 0 Å². The van der Waals surface area contributed by atoms with Crippen LogP contribution in [0.5, 0.6) is 0 Å². The highest BCUT2D eigenvalue weighted by atomic mass is 32.2. The van der Waals surface area contributed by atoms with Gasteiger partial charge in [-0.1, -0.05) is 12.1 Å². The fourth-order valence-corrected chi connectivity index (χ4v) is 3.44. The Morgan fingerprint density at radius 3 is 2.17 bits per heavy atom. The van der Waals surface area contributed by atoms with Gasteiger partial charge in [0.15, 0.2) is 9.84 Å². The SMILES string of the molecule is Cc1nc(N2CCCC2)nc(-c2ccc(S(C)(=O)=O)cc2)c1C. The molecule has 3 rings (SSSR count). The molecule has 1 aliphatic heterocycles. The Bertz CT molecular complexity index is 824. The molecule has 1 saturated heterocycles. The molecule has 0 bridgehead atoms. The molecule has 0 saturated carbocycles. The van der Waals surface area contributed by atoms with E-state index in [4.69, 9.17) is 4.98 Å². The van der Waals surface area contributed by atoms with Crippen LogP contribution in [0.3, 0.4) is 0 Å². The molecule has 0 aliphatic carbocycles. The minimum Gasteiger partial charge on any atom is -0.341 e. The second-order valence-electron chi connectivity index (χ2n) is 6.07. The number of hydrogen-bond acceptors (Lipinski definition) is 5. The van der Waals surface area contributed by atoms with Crippen LogP contribution >= 0.6 is 0 Å². The Hall–Kier alpha value is -1.95. The van der Waals surface area contributed by atoms with Gasteiger partial charge in [0.25, 0.3) is 0 Å². The van der Waals surface area contributed by atoms with E-state index in [1.54, 1.807) is 12.1 Å². The largest absolute Gasteiger partial charge is 0.341 e. The monoisotopic (exact) mass is 331 g/mol. The van der Waals surface area contributed by atoms with Gasteiger partial charge in [-0.3, -0.25) is 0 Å². The van der Waals surface area contributed by atoms with Crippen molar-refractivity contribution in [1.29, 1.82) is 0 Å². The summed E-state index contributed by atoms with van der Waals surface area (Å²) in [7, 11) is -3.18. The third-order valence-electron chi connectivity index (χ3n) is 4.32. The summed E-state index contributed by atoms with van der Waals surface area (Å²) in [6.07, 6.45) is 3.57. The molecule has 2 heterocycles. The summed E-state index contributed by atoms with van der Waals surface area (Å²) in [5, 5.41) is 0. The molecule has 1 aliphatic rings. The van der Waals surface area contributed by atoms with Crippen LogP contribution in [0.15, 0.2) is 29.2 Å². The van der Waals surface area contributed by atoms with Crippen LogP contribution in [-0.2, 0) is 9.84 Å². The molecule has 0 N–H and O–H groups in total. The molecular formula is C17H21N3O2S. The lowest BCUT2D eigenvalue weighted by molar-refractivity contribution is 0.602. The molecule has 0 spiro atoms. The molecule has 122 valence electrons. The van der Waals surface area contributed by atoms with Crippen LogP contribution < -0.4 is 4.90 Å². The third kappa shape index (κ3) is 3.22. The number of aryl methyl sites for hydroxylation is 1. The van der Waals surface area contributed by atoms with E-state index in [9.17, 15) is 8.42 Å². The summed E-state index contributed by atoms with van der Waals surface area (Å²) in [6.45, 7) is 5.98. The van der Waals surface area contributed by atoms with Gasteiger partial charge in [0, 0.05) is 30.6 Å². The topological polar surface area (TPSA) is 63.2 Å². The molecule has 1 aromatic heterocycles. The zero-order chi connectivity index (χ0) is 16.6. The number of anilines is 1. The predicted molar refractivity (Wildman–Crippen MR) is 91.5 cm³/mol. The van der Waals surface area contributed by atoms with Crippen molar-refractivity contribution < 1.29 is 8.42 Å². The smallest absolute Gasteiger partial charge is 0.226 e. The average Bonchev–Trinajstić information content (AvgIpc) is 3.03. The molecule has 5 nitrogen and oxygen atoms in total. The van der Waals surface area contributed by atoms with Gasteiger partial charge < -0.3 is 4.90 Å². The molecule has 0 radical (unpaired) electrons. The van der Waals surface area contributed by atoms with Crippen molar-refractivity contribution in [3.05, 3.63) is 35.5 Å². The van der Waals surface area contributed by atoms with Gasteiger partial charge in [-0.2, -0.15) is 0 Å². The van der Waals surface area contributed by atoms with Gasteiger partial charge in [-0.25, -0.2) is 18.4 Å². The Morgan fingerprint density at radius 1 is 1.00 bits per heavy atom. The summed E-state index contributed by atoms with van der Waals surface area (Å²) in [5.74, 6) is 0.771. The number of sulfone groups is 1. The van der Waals surface area contributed by atoms with Gasteiger partial charge in [0.2, 0.25) is 5.95 Å². The zero-order valence-electron chi connectivity index (χ0n) is 13.7. The van der Waals surface area contributed by atoms with Crippen LogP contribution in [0.1, 0.15) is 24.1 Å². The minimum atomic E-state index is -3.18. The summed E-state index contributed by atoms with van der Waals surface area (Å²) in [4.78, 5) is 11.9. The summed E-state index contributed by atoms with van der Waals surface area (Å²) < 4.78 is 23.2. The van der Waals surface area contributed by atoms with Crippen LogP contribution in [0.25, 0.3) is 11.3 Å². The zero-order valence-corrected chi connectivity index (χ0v) is 14.5. The van der Waals surface area contributed by atoms with Crippen molar-refractivity contribution >= 4 is 15.8 Å². The quantitative estimate of drug-likeness (QED) is 0.865. The molecule has 23 heavy (non-hydrogen) atoms.